The first-order valence-electron chi connectivity index (χ1n) is 8.74. The van der Waals surface area contributed by atoms with Gasteiger partial charge in [-0.2, -0.15) is 0 Å². The lowest BCUT2D eigenvalue weighted by Gasteiger charge is -2.32. The molecule has 1 saturated carbocycles. The highest BCUT2D eigenvalue weighted by molar-refractivity contribution is 5.12. The smallest absolute Gasteiger partial charge is 0.0745 e. The quantitative estimate of drug-likeness (QED) is 0.807. The van der Waals surface area contributed by atoms with Crippen LogP contribution < -0.4 is 0 Å². The molecule has 0 bridgehead atoms. The van der Waals surface area contributed by atoms with Gasteiger partial charge in [0.2, 0.25) is 0 Å². The maximum Gasteiger partial charge on any atom is 0.0745 e. The first-order valence-corrected chi connectivity index (χ1v) is 8.74. The van der Waals surface area contributed by atoms with E-state index in [0.29, 0.717) is 18.2 Å². The van der Waals surface area contributed by atoms with Crippen molar-refractivity contribution >= 4 is 0 Å². The monoisotopic (exact) mass is 302 g/mol. The summed E-state index contributed by atoms with van der Waals surface area (Å²) >= 11 is 0. The fourth-order valence-electron chi connectivity index (χ4n) is 3.83. The largest absolute Gasteiger partial charge is 0.380 e. The Morgan fingerprint density at radius 2 is 2.23 bits per heavy atom. The highest BCUT2D eigenvalue weighted by atomic mass is 16.5. The van der Waals surface area contributed by atoms with Crippen LogP contribution >= 0.6 is 0 Å². The fraction of sp³-hybridized carbons (Fsp3) is 0.722. The molecule has 4 heteroatoms. The van der Waals surface area contributed by atoms with Crippen LogP contribution in [0.2, 0.25) is 0 Å². The van der Waals surface area contributed by atoms with E-state index in [9.17, 15) is 0 Å². The Morgan fingerprint density at radius 1 is 1.27 bits per heavy atom. The van der Waals surface area contributed by atoms with Crippen molar-refractivity contribution in [1.82, 2.24) is 9.88 Å². The first-order chi connectivity index (χ1) is 10.9. The number of ether oxygens (including phenoxy) is 2. The topological polar surface area (TPSA) is 34.6 Å². The van der Waals surface area contributed by atoms with E-state index in [1.165, 1.54) is 24.8 Å². The van der Waals surface area contributed by atoms with Gasteiger partial charge in [0, 0.05) is 44.2 Å². The second-order valence-electron chi connectivity index (χ2n) is 6.99. The van der Waals surface area contributed by atoms with E-state index < -0.39 is 0 Å². The van der Waals surface area contributed by atoms with E-state index >= 15 is 0 Å². The molecule has 0 radical (unpaired) electrons. The molecule has 4 nitrogen and oxygen atoms in total. The predicted octanol–water partition coefficient (Wildman–Crippen LogP) is 2.28. The summed E-state index contributed by atoms with van der Waals surface area (Å²) in [5.74, 6) is 0.836. The maximum absolute atomic E-state index is 6.30. The molecule has 120 valence electrons. The van der Waals surface area contributed by atoms with Crippen LogP contribution in [0.25, 0.3) is 0 Å². The number of rotatable bonds is 6. The maximum atomic E-state index is 6.30. The third-order valence-electron chi connectivity index (χ3n) is 5.31. The molecule has 0 aromatic carbocycles. The van der Waals surface area contributed by atoms with E-state index in [-0.39, 0.29) is 0 Å². The molecule has 2 aliphatic heterocycles. The Labute approximate surface area is 132 Å². The summed E-state index contributed by atoms with van der Waals surface area (Å²) in [7, 11) is 0. The summed E-state index contributed by atoms with van der Waals surface area (Å²) < 4.78 is 11.9. The number of aromatic nitrogens is 1. The normalized spacial score (nSPS) is 32.6. The van der Waals surface area contributed by atoms with Crippen molar-refractivity contribution in [3.63, 3.8) is 0 Å². The zero-order chi connectivity index (χ0) is 14.8. The predicted molar refractivity (Wildman–Crippen MR) is 84.7 cm³/mol. The average molecular weight is 302 g/mol. The van der Waals surface area contributed by atoms with E-state index in [2.05, 4.69) is 16.0 Å². The minimum absolute atomic E-state index is 0.376. The van der Waals surface area contributed by atoms with Crippen molar-refractivity contribution in [2.45, 2.75) is 50.3 Å². The molecule has 22 heavy (non-hydrogen) atoms. The van der Waals surface area contributed by atoms with Crippen LogP contribution in [0.5, 0.6) is 0 Å². The molecule has 0 spiro atoms. The van der Waals surface area contributed by atoms with Gasteiger partial charge in [-0.1, -0.05) is 6.07 Å². The Morgan fingerprint density at radius 3 is 2.95 bits per heavy atom. The Balaban J connectivity index is 1.45. The van der Waals surface area contributed by atoms with Crippen LogP contribution in [0.3, 0.4) is 0 Å². The molecule has 3 atom stereocenters. The van der Waals surface area contributed by atoms with Crippen LogP contribution in [-0.4, -0.2) is 54.4 Å². The van der Waals surface area contributed by atoms with E-state index in [1.807, 2.05) is 18.5 Å². The molecule has 3 fully saturated rings. The Hall–Kier alpha value is -0.970. The molecule has 4 rings (SSSR count). The fourth-order valence-corrected chi connectivity index (χ4v) is 3.83. The van der Waals surface area contributed by atoms with Gasteiger partial charge >= 0.3 is 0 Å². The summed E-state index contributed by atoms with van der Waals surface area (Å²) in [6, 6.07) is 5.28. The summed E-state index contributed by atoms with van der Waals surface area (Å²) in [5, 5.41) is 0. The molecule has 3 heterocycles. The SMILES string of the molecule is c1cncc(C[C@H]2[C@H](OCC3CC3)CCN2C2CCOC2)c1. The number of hydrogen-bond donors (Lipinski definition) is 0. The molecule has 1 aromatic heterocycles. The Kier molecular flexibility index (Phi) is 4.42. The molecule has 2 saturated heterocycles. The van der Waals surface area contributed by atoms with Crippen molar-refractivity contribution in [3.05, 3.63) is 30.1 Å². The third kappa shape index (κ3) is 3.34. The molecule has 3 aliphatic rings. The molecule has 1 aromatic rings. The average Bonchev–Trinajstić information content (AvgIpc) is 3.07. The highest BCUT2D eigenvalue weighted by Gasteiger charge is 2.40. The van der Waals surface area contributed by atoms with Crippen LogP contribution in [-0.2, 0) is 15.9 Å². The molecular formula is C18H26N2O2. The van der Waals surface area contributed by atoms with E-state index in [0.717, 1.165) is 45.1 Å². The van der Waals surface area contributed by atoms with Gasteiger partial charge in [-0.25, -0.2) is 0 Å². The lowest BCUT2D eigenvalue weighted by molar-refractivity contribution is 0.0122. The molecular weight excluding hydrogens is 276 g/mol. The van der Waals surface area contributed by atoms with Crippen LogP contribution in [0.1, 0.15) is 31.2 Å². The number of hydrogen-bond acceptors (Lipinski definition) is 4. The standard InChI is InChI=1S/C18H26N2O2/c1-2-15(11-19-7-1)10-17-18(22-12-14-3-4-14)5-8-20(17)16-6-9-21-13-16/h1-2,7,11,14,16-18H,3-6,8-10,12-13H2/t16?,17-,18+/m0/s1. The lowest BCUT2D eigenvalue weighted by Crippen LogP contribution is -2.44. The van der Waals surface area contributed by atoms with Crippen molar-refractivity contribution in [1.29, 1.82) is 0 Å². The number of nitrogens with zero attached hydrogens (tertiary/aromatic N) is 2. The van der Waals surface area contributed by atoms with Gasteiger partial charge in [0.25, 0.3) is 0 Å². The third-order valence-corrected chi connectivity index (χ3v) is 5.31. The number of pyridine rings is 1. The second kappa shape index (κ2) is 6.65. The lowest BCUT2D eigenvalue weighted by atomic mass is 10.0. The van der Waals surface area contributed by atoms with Gasteiger partial charge in [0.05, 0.1) is 12.7 Å². The van der Waals surface area contributed by atoms with Gasteiger partial charge in [-0.05, 0) is 49.7 Å². The molecule has 1 aliphatic carbocycles. The summed E-state index contributed by atoms with van der Waals surface area (Å²) in [6.07, 6.45) is 10.3. The van der Waals surface area contributed by atoms with Crippen molar-refractivity contribution in [2.24, 2.45) is 5.92 Å². The van der Waals surface area contributed by atoms with Crippen LogP contribution in [0.15, 0.2) is 24.5 Å². The summed E-state index contributed by atoms with van der Waals surface area (Å²) in [6.45, 7) is 3.91. The second-order valence-corrected chi connectivity index (χ2v) is 6.99. The zero-order valence-corrected chi connectivity index (χ0v) is 13.2. The van der Waals surface area contributed by atoms with Gasteiger partial charge in [-0.3, -0.25) is 9.88 Å². The van der Waals surface area contributed by atoms with Gasteiger partial charge in [0.1, 0.15) is 0 Å². The van der Waals surface area contributed by atoms with Crippen LogP contribution in [0.4, 0.5) is 0 Å². The molecule has 1 unspecified atom stereocenters. The van der Waals surface area contributed by atoms with Crippen LogP contribution in [0, 0.1) is 5.92 Å². The summed E-state index contributed by atoms with van der Waals surface area (Å²) in [5.41, 5.74) is 1.32. The highest BCUT2D eigenvalue weighted by Crippen LogP contribution is 2.33. The van der Waals surface area contributed by atoms with E-state index in [1.54, 1.807) is 0 Å². The first kappa shape index (κ1) is 14.6. The zero-order valence-electron chi connectivity index (χ0n) is 13.2. The van der Waals surface area contributed by atoms with Crippen molar-refractivity contribution in [2.75, 3.05) is 26.4 Å². The van der Waals surface area contributed by atoms with E-state index in [4.69, 9.17) is 9.47 Å². The van der Waals surface area contributed by atoms with Gasteiger partial charge in [0.15, 0.2) is 0 Å². The van der Waals surface area contributed by atoms with Gasteiger partial charge < -0.3 is 9.47 Å². The molecule has 0 N–H and O–H groups in total. The molecule has 0 amide bonds. The minimum atomic E-state index is 0.376. The van der Waals surface area contributed by atoms with Crippen molar-refractivity contribution < 1.29 is 9.47 Å². The van der Waals surface area contributed by atoms with Crippen molar-refractivity contribution in [3.8, 4) is 0 Å². The van der Waals surface area contributed by atoms with Gasteiger partial charge in [-0.15, -0.1) is 0 Å². The number of likely N-dealkylation sites (tertiary alicyclic amines) is 1. The minimum Gasteiger partial charge on any atom is -0.380 e. The summed E-state index contributed by atoms with van der Waals surface area (Å²) in [4.78, 5) is 6.92. The Bertz CT molecular complexity index is 471.